The third kappa shape index (κ3) is 10.2. The Morgan fingerprint density at radius 1 is 1.04 bits per heavy atom. The molecule has 6 nitrogen and oxygen atoms in total. The number of nitrogens with zero attached hydrogens (tertiary/aromatic N) is 1. The van der Waals surface area contributed by atoms with Crippen LogP contribution < -0.4 is 11.1 Å². The highest BCUT2D eigenvalue weighted by molar-refractivity contribution is 5.77. The van der Waals surface area contributed by atoms with Crippen LogP contribution >= 0.6 is 0 Å². The lowest BCUT2D eigenvalue weighted by molar-refractivity contribution is 0.0453. The highest BCUT2D eigenvalue weighted by Crippen LogP contribution is 2.08. The van der Waals surface area contributed by atoms with Gasteiger partial charge in [0.25, 0.3) is 0 Å². The molecule has 1 aromatic carbocycles. The van der Waals surface area contributed by atoms with Crippen molar-refractivity contribution in [1.29, 1.82) is 0 Å². The Hall–Kier alpha value is -1.63. The number of hydrogen-bond acceptors (Lipinski definition) is 4. The van der Waals surface area contributed by atoms with Crippen LogP contribution in [0.3, 0.4) is 0 Å². The highest BCUT2D eigenvalue weighted by Gasteiger charge is 1.98. The zero-order chi connectivity index (χ0) is 17.5. The fraction of sp³-hybridized carbons (Fsp3) is 0.611. The smallest absolute Gasteiger partial charge is 0.188 e. The minimum atomic E-state index is 0.463. The Morgan fingerprint density at radius 2 is 1.75 bits per heavy atom. The fourth-order valence-electron chi connectivity index (χ4n) is 2.04. The van der Waals surface area contributed by atoms with Crippen molar-refractivity contribution < 1.29 is 14.2 Å². The molecule has 0 saturated heterocycles. The summed E-state index contributed by atoms with van der Waals surface area (Å²) >= 11 is 0. The molecule has 0 bridgehead atoms. The Morgan fingerprint density at radius 3 is 2.54 bits per heavy atom. The first-order valence-corrected chi connectivity index (χ1v) is 8.61. The van der Waals surface area contributed by atoms with Gasteiger partial charge in [0.1, 0.15) is 0 Å². The normalized spacial score (nSPS) is 11.7. The molecule has 0 aliphatic heterocycles. The van der Waals surface area contributed by atoms with Crippen LogP contribution in [0.15, 0.2) is 29.3 Å². The Bertz CT molecular complexity index is 467. The molecule has 0 aromatic heterocycles. The molecule has 24 heavy (non-hydrogen) atoms. The van der Waals surface area contributed by atoms with Gasteiger partial charge in [-0.1, -0.05) is 24.3 Å². The molecule has 0 saturated carbocycles. The monoisotopic (exact) mass is 337 g/mol. The third-order valence-electron chi connectivity index (χ3n) is 3.24. The van der Waals surface area contributed by atoms with Crippen LogP contribution in [-0.4, -0.2) is 45.5 Å². The van der Waals surface area contributed by atoms with E-state index in [9.17, 15) is 0 Å². The van der Waals surface area contributed by atoms with E-state index in [-0.39, 0.29) is 0 Å². The van der Waals surface area contributed by atoms with Crippen LogP contribution in [-0.2, 0) is 27.4 Å². The van der Waals surface area contributed by atoms with Crippen LogP contribution in [0.5, 0.6) is 0 Å². The Balaban J connectivity index is 2.28. The molecule has 0 amide bonds. The zero-order valence-electron chi connectivity index (χ0n) is 14.9. The first kappa shape index (κ1) is 20.4. The van der Waals surface area contributed by atoms with E-state index in [1.165, 1.54) is 0 Å². The van der Waals surface area contributed by atoms with Crippen molar-refractivity contribution in [2.45, 2.75) is 33.4 Å². The van der Waals surface area contributed by atoms with Gasteiger partial charge in [0.2, 0.25) is 0 Å². The summed E-state index contributed by atoms with van der Waals surface area (Å²) in [5.41, 5.74) is 8.10. The topological polar surface area (TPSA) is 78.1 Å². The molecule has 0 spiro atoms. The zero-order valence-corrected chi connectivity index (χ0v) is 14.9. The van der Waals surface area contributed by atoms with Crippen LogP contribution in [0.4, 0.5) is 0 Å². The molecule has 0 unspecified atom stereocenters. The quantitative estimate of drug-likeness (QED) is 0.327. The predicted octanol–water partition coefficient (Wildman–Crippen LogP) is 2.07. The van der Waals surface area contributed by atoms with Crippen molar-refractivity contribution in [3.05, 3.63) is 35.4 Å². The van der Waals surface area contributed by atoms with E-state index < -0.39 is 0 Å². The number of aliphatic imine (C=N–C) groups is 1. The first-order valence-electron chi connectivity index (χ1n) is 8.61. The van der Waals surface area contributed by atoms with Crippen LogP contribution in [0.2, 0.25) is 0 Å². The second-order valence-electron chi connectivity index (χ2n) is 5.25. The lowest BCUT2D eigenvalue weighted by Crippen LogP contribution is -2.32. The van der Waals surface area contributed by atoms with E-state index in [1.807, 2.05) is 32.0 Å². The summed E-state index contributed by atoms with van der Waals surface area (Å²) in [6.07, 6.45) is 0.915. The van der Waals surface area contributed by atoms with Crippen LogP contribution in [0.25, 0.3) is 0 Å². The van der Waals surface area contributed by atoms with E-state index in [0.717, 1.165) is 43.9 Å². The van der Waals surface area contributed by atoms with Gasteiger partial charge < -0.3 is 25.3 Å². The molecule has 0 aliphatic rings. The number of nitrogens with one attached hydrogen (secondary N) is 1. The number of nitrogens with two attached hydrogens (primary N) is 1. The Kier molecular flexibility index (Phi) is 11.7. The number of hydrogen-bond donors (Lipinski definition) is 2. The average Bonchev–Trinajstić information content (AvgIpc) is 2.60. The molecule has 0 radical (unpaired) electrons. The lowest BCUT2D eigenvalue weighted by atomic mass is 10.1. The second-order valence-corrected chi connectivity index (χ2v) is 5.25. The predicted molar refractivity (Wildman–Crippen MR) is 97.0 cm³/mol. The molecule has 1 aromatic rings. The Labute approximate surface area is 145 Å². The van der Waals surface area contributed by atoms with E-state index in [4.69, 9.17) is 19.9 Å². The molecule has 0 atom stereocenters. The molecular formula is C18H31N3O3. The van der Waals surface area contributed by atoms with Gasteiger partial charge in [-0.3, -0.25) is 0 Å². The van der Waals surface area contributed by atoms with Gasteiger partial charge in [0.15, 0.2) is 5.96 Å². The maximum absolute atomic E-state index is 5.86. The van der Waals surface area contributed by atoms with Crippen molar-refractivity contribution in [2.75, 3.05) is 39.6 Å². The van der Waals surface area contributed by atoms with Crippen molar-refractivity contribution in [3.63, 3.8) is 0 Å². The largest absolute Gasteiger partial charge is 0.382 e. The van der Waals surface area contributed by atoms with Gasteiger partial charge in [0, 0.05) is 26.4 Å². The summed E-state index contributed by atoms with van der Waals surface area (Å²) in [5.74, 6) is 0.463. The molecule has 136 valence electrons. The van der Waals surface area contributed by atoms with Gasteiger partial charge in [-0.15, -0.1) is 0 Å². The van der Waals surface area contributed by atoms with Crippen molar-refractivity contribution in [1.82, 2.24) is 5.32 Å². The molecule has 0 aliphatic carbocycles. The average molecular weight is 337 g/mol. The van der Waals surface area contributed by atoms with E-state index >= 15 is 0 Å². The maximum atomic E-state index is 5.86. The molecular weight excluding hydrogens is 306 g/mol. The summed E-state index contributed by atoms with van der Waals surface area (Å²) < 4.78 is 16.1. The van der Waals surface area contributed by atoms with Gasteiger partial charge in [-0.2, -0.15) is 0 Å². The van der Waals surface area contributed by atoms with Crippen molar-refractivity contribution >= 4 is 5.96 Å². The summed E-state index contributed by atoms with van der Waals surface area (Å²) in [7, 11) is 0. The first-order chi connectivity index (χ1) is 11.8. The number of benzene rings is 1. The third-order valence-corrected chi connectivity index (χ3v) is 3.24. The molecule has 6 heteroatoms. The number of guanidine groups is 1. The molecule has 0 heterocycles. The number of ether oxygens (including phenoxy) is 3. The molecule has 3 N–H and O–H groups in total. The van der Waals surface area contributed by atoms with E-state index in [2.05, 4.69) is 16.4 Å². The summed E-state index contributed by atoms with van der Waals surface area (Å²) in [6.45, 7) is 9.30. The lowest BCUT2D eigenvalue weighted by Gasteiger charge is -2.07. The highest BCUT2D eigenvalue weighted by atomic mass is 16.5. The van der Waals surface area contributed by atoms with Gasteiger partial charge in [-0.25, -0.2) is 4.99 Å². The summed E-state index contributed by atoms with van der Waals surface area (Å²) in [4.78, 5) is 4.36. The minimum Gasteiger partial charge on any atom is -0.382 e. The SMILES string of the molecule is CCOCCCNC(N)=NCc1cccc(COCCOCC)c1. The number of rotatable bonds is 13. The van der Waals surface area contributed by atoms with Crippen LogP contribution in [0.1, 0.15) is 31.4 Å². The molecule has 0 fully saturated rings. The minimum absolute atomic E-state index is 0.463. The molecule has 1 rings (SSSR count). The summed E-state index contributed by atoms with van der Waals surface area (Å²) in [5, 5.41) is 3.09. The fourth-order valence-corrected chi connectivity index (χ4v) is 2.04. The van der Waals surface area contributed by atoms with Gasteiger partial charge in [-0.05, 0) is 31.4 Å². The van der Waals surface area contributed by atoms with Crippen molar-refractivity contribution in [2.24, 2.45) is 10.7 Å². The van der Waals surface area contributed by atoms with Crippen LogP contribution in [0, 0.1) is 0 Å². The van der Waals surface area contributed by atoms with E-state index in [0.29, 0.717) is 32.3 Å². The standard InChI is InChI=1S/C18H31N3O3/c1-3-22-10-6-9-20-18(19)21-14-16-7-5-8-17(13-16)15-24-12-11-23-4-2/h5,7-8,13H,3-4,6,9-12,14-15H2,1-2H3,(H3,19,20,21). The van der Waals surface area contributed by atoms with Gasteiger partial charge in [0.05, 0.1) is 26.4 Å². The van der Waals surface area contributed by atoms with E-state index in [1.54, 1.807) is 0 Å². The summed E-state index contributed by atoms with van der Waals surface area (Å²) in [6, 6.07) is 8.18. The van der Waals surface area contributed by atoms with Crippen molar-refractivity contribution in [3.8, 4) is 0 Å². The second kappa shape index (κ2) is 13.8. The maximum Gasteiger partial charge on any atom is 0.188 e. The van der Waals surface area contributed by atoms with Gasteiger partial charge >= 0.3 is 0 Å².